The summed E-state index contributed by atoms with van der Waals surface area (Å²) in [6.07, 6.45) is 0. The second-order valence-electron chi connectivity index (χ2n) is 6.01. The number of pyridine rings is 1. The van der Waals surface area contributed by atoms with Crippen LogP contribution in [0.5, 0.6) is 5.75 Å². The minimum atomic E-state index is -0.507. The van der Waals surface area contributed by atoms with Gasteiger partial charge in [0, 0.05) is 12.1 Å². The molecule has 2 amide bonds. The van der Waals surface area contributed by atoms with E-state index in [4.69, 9.17) is 10.00 Å². The van der Waals surface area contributed by atoms with E-state index in [1.165, 1.54) is 12.1 Å². The van der Waals surface area contributed by atoms with E-state index in [1.54, 1.807) is 37.4 Å². The molecule has 0 aliphatic carbocycles. The van der Waals surface area contributed by atoms with Gasteiger partial charge in [0.05, 0.1) is 18.4 Å². The Kier molecular flexibility index (Phi) is 6.18. The van der Waals surface area contributed by atoms with E-state index in [1.807, 2.05) is 30.3 Å². The first-order chi connectivity index (χ1) is 14.1. The van der Waals surface area contributed by atoms with Gasteiger partial charge in [0.15, 0.2) is 0 Å². The SMILES string of the molecule is COc1ccccc1CNC(=O)c1cccc(C(=O)Nc2ccccc2C#N)n1. The van der Waals surface area contributed by atoms with Gasteiger partial charge in [-0.05, 0) is 30.3 Å². The Morgan fingerprint density at radius 2 is 1.66 bits per heavy atom. The Labute approximate surface area is 168 Å². The number of aromatic nitrogens is 1. The van der Waals surface area contributed by atoms with E-state index in [2.05, 4.69) is 15.6 Å². The lowest BCUT2D eigenvalue weighted by molar-refractivity contribution is 0.0945. The standard InChI is InChI=1S/C22H18N4O3/c1-29-20-12-5-3-8-16(20)14-24-21(27)18-10-6-11-19(25-18)22(28)26-17-9-4-2-7-15(17)13-23/h2-12H,14H2,1H3,(H,24,27)(H,26,28). The van der Waals surface area contributed by atoms with Gasteiger partial charge in [0.25, 0.3) is 11.8 Å². The highest BCUT2D eigenvalue weighted by Crippen LogP contribution is 2.17. The lowest BCUT2D eigenvalue weighted by Gasteiger charge is -2.10. The molecule has 2 N–H and O–H groups in total. The monoisotopic (exact) mass is 386 g/mol. The first-order valence-corrected chi connectivity index (χ1v) is 8.80. The molecule has 0 radical (unpaired) electrons. The van der Waals surface area contributed by atoms with Crippen molar-refractivity contribution in [2.45, 2.75) is 6.54 Å². The molecule has 0 spiro atoms. The highest BCUT2D eigenvalue weighted by atomic mass is 16.5. The van der Waals surface area contributed by atoms with Crippen LogP contribution in [0, 0.1) is 11.3 Å². The van der Waals surface area contributed by atoms with Crippen molar-refractivity contribution in [2.75, 3.05) is 12.4 Å². The van der Waals surface area contributed by atoms with Crippen LogP contribution in [0.1, 0.15) is 32.1 Å². The molecule has 0 aliphatic rings. The molecule has 2 aromatic carbocycles. The van der Waals surface area contributed by atoms with Crippen molar-refractivity contribution in [1.82, 2.24) is 10.3 Å². The number of benzene rings is 2. The van der Waals surface area contributed by atoms with Crippen LogP contribution in [0.15, 0.2) is 66.7 Å². The number of nitrogens with one attached hydrogen (secondary N) is 2. The fourth-order valence-corrected chi connectivity index (χ4v) is 2.68. The van der Waals surface area contributed by atoms with Crippen molar-refractivity contribution in [2.24, 2.45) is 0 Å². The van der Waals surface area contributed by atoms with Crippen molar-refractivity contribution in [3.63, 3.8) is 0 Å². The molecule has 0 saturated heterocycles. The number of para-hydroxylation sites is 2. The summed E-state index contributed by atoms with van der Waals surface area (Å²) in [7, 11) is 1.56. The summed E-state index contributed by atoms with van der Waals surface area (Å²) in [4.78, 5) is 29.1. The number of nitrogens with zero attached hydrogens (tertiary/aromatic N) is 2. The summed E-state index contributed by atoms with van der Waals surface area (Å²) in [6.45, 7) is 0.260. The summed E-state index contributed by atoms with van der Waals surface area (Å²) in [5.74, 6) is -0.250. The van der Waals surface area contributed by atoms with Gasteiger partial charge in [-0.25, -0.2) is 4.98 Å². The van der Waals surface area contributed by atoms with Gasteiger partial charge in [-0.2, -0.15) is 5.26 Å². The molecule has 7 heteroatoms. The van der Waals surface area contributed by atoms with E-state index in [0.717, 1.165) is 5.56 Å². The maximum atomic E-state index is 12.5. The molecule has 144 valence electrons. The van der Waals surface area contributed by atoms with Crippen molar-refractivity contribution < 1.29 is 14.3 Å². The number of hydrogen-bond acceptors (Lipinski definition) is 5. The fraction of sp³-hybridized carbons (Fsp3) is 0.0909. The molecule has 3 aromatic rings. The molecule has 0 aliphatic heterocycles. The minimum Gasteiger partial charge on any atom is -0.496 e. The van der Waals surface area contributed by atoms with Gasteiger partial charge in [-0.3, -0.25) is 9.59 Å². The van der Waals surface area contributed by atoms with Crippen molar-refractivity contribution in [3.8, 4) is 11.8 Å². The van der Waals surface area contributed by atoms with Crippen LogP contribution in [-0.4, -0.2) is 23.9 Å². The van der Waals surface area contributed by atoms with E-state index < -0.39 is 11.8 Å². The summed E-state index contributed by atoms with van der Waals surface area (Å²) in [5, 5.41) is 14.5. The Hall–Kier alpha value is -4.18. The van der Waals surface area contributed by atoms with Gasteiger partial charge in [-0.15, -0.1) is 0 Å². The zero-order valence-electron chi connectivity index (χ0n) is 15.7. The minimum absolute atomic E-state index is 0.0719. The second-order valence-corrected chi connectivity index (χ2v) is 6.01. The quantitative estimate of drug-likeness (QED) is 0.677. The summed E-state index contributed by atoms with van der Waals surface area (Å²) in [6, 6.07) is 20.6. The Morgan fingerprint density at radius 3 is 2.41 bits per heavy atom. The van der Waals surface area contributed by atoms with E-state index >= 15 is 0 Å². The number of ether oxygens (including phenoxy) is 1. The average molecular weight is 386 g/mol. The zero-order chi connectivity index (χ0) is 20.6. The number of methoxy groups -OCH3 is 1. The van der Waals surface area contributed by atoms with Crippen LogP contribution < -0.4 is 15.4 Å². The van der Waals surface area contributed by atoms with Crippen LogP contribution >= 0.6 is 0 Å². The summed E-state index contributed by atoms with van der Waals surface area (Å²) in [5.41, 5.74) is 1.73. The molecule has 0 bridgehead atoms. The van der Waals surface area contributed by atoms with Crippen LogP contribution in [-0.2, 0) is 6.54 Å². The fourth-order valence-electron chi connectivity index (χ4n) is 2.68. The van der Waals surface area contributed by atoms with Crippen molar-refractivity contribution in [1.29, 1.82) is 5.26 Å². The number of anilines is 1. The van der Waals surface area contributed by atoms with Gasteiger partial charge in [0.1, 0.15) is 23.2 Å². The Morgan fingerprint density at radius 1 is 0.966 bits per heavy atom. The maximum Gasteiger partial charge on any atom is 0.274 e. The number of amides is 2. The van der Waals surface area contributed by atoms with Gasteiger partial charge in [-0.1, -0.05) is 36.4 Å². The lowest BCUT2D eigenvalue weighted by atomic mass is 10.2. The van der Waals surface area contributed by atoms with Crippen LogP contribution in [0.2, 0.25) is 0 Å². The van der Waals surface area contributed by atoms with Crippen LogP contribution in [0.3, 0.4) is 0 Å². The van der Waals surface area contributed by atoms with E-state index in [9.17, 15) is 9.59 Å². The number of hydrogen-bond donors (Lipinski definition) is 2. The topological polar surface area (TPSA) is 104 Å². The second kappa shape index (κ2) is 9.15. The highest BCUT2D eigenvalue weighted by Gasteiger charge is 2.14. The summed E-state index contributed by atoms with van der Waals surface area (Å²) >= 11 is 0. The zero-order valence-corrected chi connectivity index (χ0v) is 15.7. The molecule has 0 unspecified atom stereocenters. The number of rotatable bonds is 6. The first-order valence-electron chi connectivity index (χ1n) is 8.80. The molecule has 1 aromatic heterocycles. The first kappa shape index (κ1) is 19.6. The predicted octanol–water partition coefficient (Wildman–Crippen LogP) is 3.14. The largest absolute Gasteiger partial charge is 0.496 e. The number of carbonyl (C=O) groups excluding carboxylic acids is 2. The molecule has 7 nitrogen and oxygen atoms in total. The van der Waals surface area contributed by atoms with Gasteiger partial charge < -0.3 is 15.4 Å². The summed E-state index contributed by atoms with van der Waals surface area (Å²) < 4.78 is 5.27. The average Bonchev–Trinajstić information content (AvgIpc) is 2.78. The highest BCUT2D eigenvalue weighted by molar-refractivity contribution is 6.04. The molecular formula is C22H18N4O3. The molecule has 0 atom stereocenters. The number of nitriles is 1. The smallest absolute Gasteiger partial charge is 0.274 e. The maximum absolute atomic E-state index is 12.5. The molecule has 0 saturated carbocycles. The predicted molar refractivity (Wildman–Crippen MR) is 108 cm³/mol. The van der Waals surface area contributed by atoms with Crippen LogP contribution in [0.25, 0.3) is 0 Å². The molecular weight excluding hydrogens is 368 g/mol. The Bertz CT molecular complexity index is 1090. The molecule has 3 rings (SSSR count). The number of carbonyl (C=O) groups is 2. The van der Waals surface area contributed by atoms with Crippen molar-refractivity contribution in [3.05, 3.63) is 89.2 Å². The van der Waals surface area contributed by atoms with Gasteiger partial charge in [0.2, 0.25) is 0 Å². The molecule has 29 heavy (non-hydrogen) atoms. The van der Waals surface area contributed by atoms with E-state index in [0.29, 0.717) is 17.0 Å². The normalized spacial score (nSPS) is 9.93. The Balaban J connectivity index is 1.71. The molecule has 1 heterocycles. The third kappa shape index (κ3) is 4.76. The van der Waals surface area contributed by atoms with Gasteiger partial charge >= 0.3 is 0 Å². The molecule has 0 fully saturated rings. The van der Waals surface area contributed by atoms with Crippen LogP contribution in [0.4, 0.5) is 5.69 Å². The van der Waals surface area contributed by atoms with Crippen molar-refractivity contribution >= 4 is 17.5 Å². The third-order valence-electron chi connectivity index (χ3n) is 4.14. The third-order valence-corrected chi connectivity index (χ3v) is 4.14. The van der Waals surface area contributed by atoms with E-state index in [-0.39, 0.29) is 17.9 Å². The lowest BCUT2D eigenvalue weighted by Crippen LogP contribution is -2.25.